The summed E-state index contributed by atoms with van der Waals surface area (Å²) in [5, 5.41) is 5.25. The summed E-state index contributed by atoms with van der Waals surface area (Å²) in [4.78, 5) is 12.1. The summed E-state index contributed by atoms with van der Waals surface area (Å²) in [6.45, 7) is 4.03. The lowest BCUT2D eigenvalue weighted by Gasteiger charge is -2.00. The molecule has 4 heteroatoms. The van der Waals surface area contributed by atoms with Gasteiger partial charge in [0, 0.05) is 34.8 Å². The molecule has 2 aromatic carbocycles. The lowest BCUT2D eigenvalue weighted by molar-refractivity contribution is 0.0955. The van der Waals surface area contributed by atoms with Crippen LogP contribution in [-0.2, 0) is 7.05 Å². The second-order valence-electron chi connectivity index (χ2n) is 5.64. The van der Waals surface area contributed by atoms with Crippen LogP contribution in [0.25, 0.3) is 10.9 Å². The molecule has 0 fully saturated rings. The lowest BCUT2D eigenvalue weighted by Crippen LogP contribution is -2.17. The number of carbonyl (C=O) groups excluding carboxylic acids is 1. The molecular weight excluding hydrogens is 286 g/mol. The van der Waals surface area contributed by atoms with Crippen molar-refractivity contribution < 1.29 is 4.79 Å². The molecule has 0 saturated heterocycles. The van der Waals surface area contributed by atoms with Gasteiger partial charge in [-0.3, -0.25) is 4.79 Å². The van der Waals surface area contributed by atoms with E-state index >= 15 is 0 Å². The molecule has 0 unspecified atom stereocenters. The fraction of sp³-hybridized carbons (Fsp3) is 0.158. The molecule has 0 aliphatic rings. The van der Waals surface area contributed by atoms with Gasteiger partial charge in [-0.25, -0.2) is 5.43 Å². The lowest BCUT2D eigenvalue weighted by atomic mass is 10.1. The van der Waals surface area contributed by atoms with Gasteiger partial charge in [0.1, 0.15) is 0 Å². The Morgan fingerprint density at radius 1 is 1.09 bits per heavy atom. The van der Waals surface area contributed by atoms with Crippen molar-refractivity contribution in [2.24, 2.45) is 12.1 Å². The van der Waals surface area contributed by atoms with Gasteiger partial charge in [0.2, 0.25) is 0 Å². The van der Waals surface area contributed by atoms with Gasteiger partial charge in [-0.1, -0.05) is 35.9 Å². The third-order valence-electron chi connectivity index (χ3n) is 4.12. The van der Waals surface area contributed by atoms with Crippen LogP contribution < -0.4 is 5.43 Å². The molecule has 1 amide bonds. The number of hydrogen-bond acceptors (Lipinski definition) is 2. The van der Waals surface area contributed by atoms with Gasteiger partial charge in [-0.05, 0) is 32.0 Å². The van der Waals surface area contributed by atoms with Gasteiger partial charge in [0.25, 0.3) is 5.91 Å². The summed E-state index contributed by atoms with van der Waals surface area (Å²) in [5.41, 5.74) is 7.59. The predicted octanol–water partition coefficient (Wildman–Crippen LogP) is 3.56. The van der Waals surface area contributed by atoms with Crippen LogP contribution in [0.15, 0.2) is 53.6 Å². The molecule has 116 valence electrons. The Morgan fingerprint density at radius 3 is 2.52 bits per heavy atom. The third kappa shape index (κ3) is 2.88. The van der Waals surface area contributed by atoms with Crippen LogP contribution in [0.2, 0.25) is 0 Å². The number of carbonyl (C=O) groups is 1. The molecule has 1 aromatic heterocycles. The van der Waals surface area contributed by atoms with Crippen molar-refractivity contribution in [1.29, 1.82) is 0 Å². The smallest absolute Gasteiger partial charge is 0.271 e. The second-order valence-corrected chi connectivity index (χ2v) is 5.64. The Labute approximate surface area is 135 Å². The standard InChI is InChI=1S/C19H19N3O/c1-13-8-10-15(11-9-13)19(23)21-20-12-17-14(2)22(3)18-7-5-4-6-16(17)18/h4-12H,1-3H3,(H,21,23)/b20-12-. The molecule has 3 rings (SSSR count). The van der Waals surface area contributed by atoms with Gasteiger partial charge >= 0.3 is 0 Å². The summed E-state index contributed by atoms with van der Waals surface area (Å²) < 4.78 is 2.12. The number of hydrazone groups is 1. The van der Waals surface area contributed by atoms with Crippen molar-refractivity contribution >= 4 is 23.0 Å². The first-order valence-corrected chi connectivity index (χ1v) is 7.52. The van der Waals surface area contributed by atoms with Crippen molar-refractivity contribution in [3.63, 3.8) is 0 Å². The van der Waals surface area contributed by atoms with E-state index in [9.17, 15) is 4.79 Å². The maximum absolute atomic E-state index is 12.1. The molecule has 0 radical (unpaired) electrons. The molecule has 0 bridgehead atoms. The zero-order valence-corrected chi connectivity index (χ0v) is 13.5. The largest absolute Gasteiger partial charge is 0.347 e. The zero-order valence-electron chi connectivity index (χ0n) is 13.5. The Balaban J connectivity index is 1.82. The minimum atomic E-state index is -0.209. The number of amides is 1. The first kappa shape index (κ1) is 15.0. The quantitative estimate of drug-likeness (QED) is 0.583. The van der Waals surface area contributed by atoms with Crippen LogP contribution in [0.3, 0.4) is 0 Å². The van der Waals surface area contributed by atoms with Crippen LogP contribution in [-0.4, -0.2) is 16.7 Å². The zero-order chi connectivity index (χ0) is 16.4. The fourth-order valence-electron chi connectivity index (χ4n) is 2.64. The van der Waals surface area contributed by atoms with Crippen LogP contribution >= 0.6 is 0 Å². The average molecular weight is 305 g/mol. The molecule has 0 atom stereocenters. The SMILES string of the molecule is Cc1ccc(C(=O)N/N=C\c2c(C)n(C)c3ccccc23)cc1. The Morgan fingerprint density at radius 2 is 1.78 bits per heavy atom. The van der Waals surface area contributed by atoms with Gasteiger partial charge < -0.3 is 4.57 Å². The van der Waals surface area contributed by atoms with E-state index in [2.05, 4.69) is 27.2 Å². The molecule has 3 aromatic rings. The van der Waals surface area contributed by atoms with E-state index in [-0.39, 0.29) is 5.91 Å². The Bertz CT molecular complexity index is 889. The Kier molecular flexibility index (Phi) is 3.98. The summed E-state index contributed by atoms with van der Waals surface area (Å²) >= 11 is 0. The van der Waals surface area contributed by atoms with E-state index in [1.165, 1.54) is 0 Å². The van der Waals surface area contributed by atoms with Crippen LogP contribution in [0, 0.1) is 13.8 Å². The molecule has 4 nitrogen and oxygen atoms in total. The highest BCUT2D eigenvalue weighted by atomic mass is 16.2. The van der Waals surface area contributed by atoms with E-state index in [4.69, 9.17) is 0 Å². The predicted molar refractivity (Wildman–Crippen MR) is 93.9 cm³/mol. The van der Waals surface area contributed by atoms with Gasteiger partial charge in [-0.2, -0.15) is 5.10 Å². The topological polar surface area (TPSA) is 46.4 Å². The molecule has 23 heavy (non-hydrogen) atoms. The van der Waals surface area contributed by atoms with Gasteiger partial charge in [-0.15, -0.1) is 0 Å². The molecule has 0 aliphatic carbocycles. The highest BCUT2D eigenvalue weighted by Crippen LogP contribution is 2.22. The number of aryl methyl sites for hydroxylation is 2. The van der Waals surface area contributed by atoms with Crippen molar-refractivity contribution in [2.75, 3.05) is 0 Å². The maximum atomic E-state index is 12.1. The summed E-state index contributed by atoms with van der Waals surface area (Å²) in [5.74, 6) is -0.209. The van der Waals surface area contributed by atoms with Gasteiger partial charge in [0.15, 0.2) is 0 Å². The van der Waals surface area contributed by atoms with E-state index in [0.29, 0.717) is 5.56 Å². The van der Waals surface area contributed by atoms with Crippen molar-refractivity contribution in [3.8, 4) is 0 Å². The van der Waals surface area contributed by atoms with E-state index in [0.717, 1.165) is 27.7 Å². The number of nitrogens with zero attached hydrogens (tertiary/aromatic N) is 2. The van der Waals surface area contributed by atoms with Crippen molar-refractivity contribution in [1.82, 2.24) is 9.99 Å². The normalized spacial score (nSPS) is 11.3. The number of rotatable bonds is 3. The molecule has 0 spiro atoms. The molecular formula is C19H19N3O. The van der Waals surface area contributed by atoms with Crippen LogP contribution in [0.4, 0.5) is 0 Å². The third-order valence-corrected chi connectivity index (χ3v) is 4.12. The number of benzene rings is 2. The van der Waals surface area contributed by atoms with Crippen LogP contribution in [0.5, 0.6) is 0 Å². The molecule has 0 aliphatic heterocycles. The minimum Gasteiger partial charge on any atom is -0.347 e. The van der Waals surface area contributed by atoms with Gasteiger partial charge in [0.05, 0.1) is 6.21 Å². The minimum absolute atomic E-state index is 0.209. The Hall–Kier alpha value is -2.88. The second kappa shape index (κ2) is 6.08. The van der Waals surface area contributed by atoms with Crippen LogP contribution in [0.1, 0.15) is 27.2 Å². The number of hydrogen-bond donors (Lipinski definition) is 1. The van der Waals surface area contributed by atoms with Crippen molar-refractivity contribution in [2.45, 2.75) is 13.8 Å². The van der Waals surface area contributed by atoms with E-state index < -0.39 is 0 Å². The summed E-state index contributed by atoms with van der Waals surface area (Å²) in [7, 11) is 2.03. The highest BCUT2D eigenvalue weighted by molar-refractivity contribution is 6.02. The number of fused-ring (bicyclic) bond motifs is 1. The monoisotopic (exact) mass is 305 g/mol. The first-order chi connectivity index (χ1) is 11.1. The summed E-state index contributed by atoms with van der Waals surface area (Å²) in [6.07, 6.45) is 1.71. The van der Waals surface area contributed by atoms with E-state index in [1.807, 2.05) is 45.2 Å². The fourth-order valence-corrected chi connectivity index (χ4v) is 2.64. The average Bonchev–Trinajstić information content (AvgIpc) is 2.81. The first-order valence-electron chi connectivity index (χ1n) is 7.52. The number of nitrogens with one attached hydrogen (secondary N) is 1. The summed E-state index contributed by atoms with van der Waals surface area (Å²) in [6, 6.07) is 15.6. The van der Waals surface area contributed by atoms with Crippen molar-refractivity contribution in [3.05, 3.63) is 70.9 Å². The maximum Gasteiger partial charge on any atom is 0.271 e. The molecule has 0 saturated carbocycles. The highest BCUT2D eigenvalue weighted by Gasteiger charge is 2.09. The molecule has 1 heterocycles. The number of aromatic nitrogens is 1. The number of para-hydroxylation sites is 1. The molecule has 1 N–H and O–H groups in total. The van der Waals surface area contributed by atoms with E-state index in [1.54, 1.807) is 18.3 Å².